The van der Waals surface area contributed by atoms with Gasteiger partial charge in [-0.25, -0.2) is 4.98 Å². The summed E-state index contributed by atoms with van der Waals surface area (Å²) in [5, 5.41) is 1.04. The molecule has 0 saturated heterocycles. The van der Waals surface area contributed by atoms with Gasteiger partial charge in [0.2, 0.25) is 0 Å². The molecule has 0 aliphatic heterocycles. The fraction of sp³-hybridized carbons (Fsp3) is 0.200. The van der Waals surface area contributed by atoms with Crippen LogP contribution in [0.5, 0.6) is 0 Å². The Morgan fingerprint density at radius 3 is 2.79 bits per heavy atom. The number of nitrogens with zero attached hydrogens (tertiary/aromatic N) is 2. The van der Waals surface area contributed by atoms with Gasteiger partial charge in [0.15, 0.2) is 0 Å². The van der Waals surface area contributed by atoms with Crippen molar-refractivity contribution < 1.29 is 0 Å². The van der Waals surface area contributed by atoms with E-state index < -0.39 is 0 Å². The maximum absolute atomic E-state index is 5.48. The molecule has 0 fully saturated rings. The molecule has 0 bridgehead atoms. The summed E-state index contributed by atoms with van der Waals surface area (Å²) in [6.45, 7) is 0.679. The van der Waals surface area contributed by atoms with Crippen LogP contribution in [0.2, 0.25) is 0 Å². The Balaban J connectivity index is 2.25. The molecule has 14 heavy (non-hydrogen) atoms. The SMILES string of the molecule is NCCc1cnc(-c2ccncc2)s1. The molecule has 0 atom stereocenters. The Morgan fingerprint density at radius 2 is 2.07 bits per heavy atom. The van der Waals surface area contributed by atoms with Gasteiger partial charge in [-0.05, 0) is 25.1 Å². The standard InChI is InChI=1S/C10H11N3S/c11-4-1-9-7-13-10(14-9)8-2-5-12-6-3-8/h2-3,5-7H,1,4,11H2. The van der Waals surface area contributed by atoms with E-state index in [0.29, 0.717) is 6.54 Å². The van der Waals surface area contributed by atoms with Crippen LogP contribution in [0.25, 0.3) is 10.6 Å². The molecule has 4 heteroatoms. The molecule has 2 N–H and O–H groups in total. The predicted octanol–water partition coefficient (Wildman–Crippen LogP) is 1.71. The first kappa shape index (κ1) is 9.30. The van der Waals surface area contributed by atoms with Crippen molar-refractivity contribution in [2.45, 2.75) is 6.42 Å². The Labute approximate surface area is 86.6 Å². The van der Waals surface area contributed by atoms with E-state index >= 15 is 0 Å². The quantitative estimate of drug-likeness (QED) is 0.829. The van der Waals surface area contributed by atoms with Gasteiger partial charge in [-0.2, -0.15) is 0 Å². The summed E-state index contributed by atoms with van der Waals surface area (Å²) in [6, 6.07) is 3.93. The highest BCUT2D eigenvalue weighted by atomic mass is 32.1. The first-order valence-corrected chi connectivity index (χ1v) is 5.27. The van der Waals surface area contributed by atoms with Crippen LogP contribution in [0.3, 0.4) is 0 Å². The second-order valence-corrected chi connectivity index (χ2v) is 4.02. The molecule has 0 aromatic carbocycles. The van der Waals surface area contributed by atoms with Gasteiger partial charge < -0.3 is 5.73 Å². The molecule has 2 aromatic heterocycles. The molecule has 0 aliphatic carbocycles. The summed E-state index contributed by atoms with van der Waals surface area (Å²) in [4.78, 5) is 9.55. The zero-order valence-electron chi connectivity index (χ0n) is 7.68. The first-order valence-electron chi connectivity index (χ1n) is 4.45. The Morgan fingerprint density at radius 1 is 1.29 bits per heavy atom. The third-order valence-corrected chi connectivity index (χ3v) is 2.98. The zero-order chi connectivity index (χ0) is 9.80. The van der Waals surface area contributed by atoms with Gasteiger partial charge in [-0.15, -0.1) is 11.3 Å². The molecule has 2 aromatic rings. The van der Waals surface area contributed by atoms with E-state index in [1.54, 1.807) is 23.7 Å². The molecule has 0 radical (unpaired) electrons. The number of hydrogen-bond donors (Lipinski definition) is 1. The molecule has 3 nitrogen and oxygen atoms in total. The largest absolute Gasteiger partial charge is 0.330 e. The number of hydrogen-bond acceptors (Lipinski definition) is 4. The predicted molar refractivity (Wildman–Crippen MR) is 58.1 cm³/mol. The number of thiazole rings is 1. The van der Waals surface area contributed by atoms with Crippen LogP contribution < -0.4 is 5.73 Å². The third-order valence-electron chi connectivity index (χ3n) is 1.87. The average molecular weight is 205 g/mol. The lowest BCUT2D eigenvalue weighted by Gasteiger charge is -1.92. The molecule has 2 rings (SSSR count). The van der Waals surface area contributed by atoms with Crippen LogP contribution >= 0.6 is 11.3 Å². The first-order chi connectivity index (χ1) is 6.90. The molecule has 0 unspecified atom stereocenters. The van der Waals surface area contributed by atoms with Gasteiger partial charge in [-0.3, -0.25) is 4.98 Å². The van der Waals surface area contributed by atoms with Crippen molar-refractivity contribution in [3.8, 4) is 10.6 Å². The summed E-state index contributed by atoms with van der Waals surface area (Å²) >= 11 is 1.69. The summed E-state index contributed by atoms with van der Waals surface area (Å²) in [6.07, 6.45) is 6.36. The second-order valence-electron chi connectivity index (χ2n) is 2.91. The van der Waals surface area contributed by atoms with Crippen LogP contribution in [0.4, 0.5) is 0 Å². The summed E-state index contributed by atoms with van der Waals surface area (Å²) in [5.41, 5.74) is 6.60. The van der Waals surface area contributed by atoms with E-state index in [0.717, 1.165) is 17.0 Å². The molecular weight excluding hydrogens is 194 g/mol. The van der Waals surface area contributed by atoms with Crippen molar-refractivity contribution in [3.05, 3.63) is 35.6 Å². The number of rotatable bonds is 3. The molecule has 72 valence electrons. The minimum Gasteiger partial charge on any atom is -0.330 e. The molecule has 0 saturated carbocycles. The summed E-state index contributed by atoms with van der Waals surface area (Å²) in [5.74, 6) is 0. The second kappa shape index (κ2) is 4.30. The van der Waals surface area contributed by atoms with Gasteiger partial charge in [0, 0.05) is 29.0 Å². The van der Waals surface area contributed by atoms with Gasteiger partial charge in [0.1, 0.15) is 5.01 Å². The minimum atomic E-state index is 0.679. The number of pyridine rings is 1. The Kier molecular flexibility index (Phi) is 2.86. The van der Waals surface area contributed by atoms with E-state index in [9.17, 15) is 0 Å². The van der Waals surface area contributed by atoms with E-state index in [1.165, 1.54) is 4.88 Å². The highest BCUT2D eigenvalue weighted by Gasteiger charge is 2.02. The van der Waals surface area contributed by atoms with Crippen LogP contribution in [0.15, 0.2) is 30.7 Å². The van der Waals surface area contributed by atoms with Crippen LogP contribution in [0.1, 0.15) is 4.88 Å². The highest BCUT2D eigenvalue weighted by Crippen LogP contribution is 2.24. The van der Waals surface area contributed by atoms with E-state index in [1.807, 2.05) is 18.3 Å². The van der Waals surface area contributed by atoms with Crippen LogP contribution in [-0.2, 0) is 6.42 Å². The molecular formula is C10H11N3S. The Hall–Kier alpha value is -1.26. The maximum Gasteiger partial charge on any atom is 0.123 e. The normalized spacial score (nSPS) is 10.4. The monoisotopic (exact) mass is 205 g/mol. The van der Waals surface area contributed by atoms with E-state index in [-0.39, 0.29) is 0 Å². The fourth-order valence-corrected chi connectivity index (χ4v) is 2.13. The molecule has 0 spiro atoms. The third kappa shape index (κ3) is 1.97. The topological polar surface area (TPSA) is 51.8 Å². The molecule has 0 amide bonds. The van der Waals surface area contributed by atoms with Crippen molar-refractivity contribution in [2.75, 3.05) is 6.54 Å². The lowest BCUT2D eigenvalue weighted by molar-refractivity contribution is 0.984. The summed E-state index contributed by atoms with van der Waals surface area (Å²) in [7, 11) is 0. The smallest absolute Gasteiger partial charge is 0.123 e. The summed E-state index contributed by atoms with van der Waals surface area (Å²) < 4.78 is 0. The molecule has 2 heterocycles. The maximum atomic E-state index is 5.48. The van der Waals surface area contributed by atoms with Gasteiger partial charge >= 0.3 is 0 Å². The van der Waals surface area contributed by atoms with Crippen LogP contribution in [-0.4, -0.2) is 16.5 Å². The van der Waals surface area contributed by atoms with Crippen molar-refractivity contribution in [3.63, 3.8) is 0 Å². The fourth-order valence-electron chi connectivity index (χ4n) is 1.19. The lowest BCUT2D eigenvalue weighted by Crippen LogP contribution is -2.00. The minimum absolute atomic E-state index is 0.679. The highest BCUT2D eigenvalue weighted by molar-refractivity contribution is 7.15. The van der Waals surface area contributed by atoms with E-state index in [4.69, 9.17) is 5.73 Å². The van der Waals surface area contributed by atoms with Crippen molar-refractivity contribution >= 4 is 11.3 Å². The van der Waals surface area contributed by atoms with Crippen molar-refractivity contribution in [2.24, 2.45) is 5.73 Å². The van der Waals surface area contributed by atoms with Crippen LogP contribution in [0, 0.1) is 0 Å². The average Bonchev–Trinajstić information content (AvgIpc) is 2.68. The number of aromatic nitrogens is 2. The van der Waals surface area contributed by atoms with Crippen molar-refractivity contribution in [1.82, 2.24) is 9.97 Å². The molecule has 0 aliphatic rings. The Bertz CT molecular complexity index is 397. The van der Waals surface area contributed by atoms with Gasteiger partial charge in [-0.1, -0.05) is 0 Å². The van der Waals surface area contributed by atoms with Gasteiger partial charge in [0.05, 0.1) is 0 Å². The lowest BCUT2D eigenvalue weighted by atomic mass is 10.3. The van der Waals surface area contributed by atoms with Gasteiger partial charge in [0.25, 0.3) is 0 Å². The number of nitrogens with two attached hydrogens (primary N) is 1. The van der Waals surface area contributed by atoms with E-state index in [2.05, 4.69) is 9.97 Å². The zero-order valence-corrected chi connectivity index (χ0v) is 8.50. The van der Waals surface area contributed by atoms with Crippen molar-refractivity contribution in [1.29, 1.82) is 0 Å².